The van der Waals surface area contributed by atoms with Gasteiger partial charge >= 0.3 is 0 Å². The highest BCUT2D eigenvalue weighted by Gasteiger charge is 2.25. The van der Waals surface area contributed by atoms with Crippen molar-refractivity contribution in [3.8, 4) is 11.4 Å². The molecule has 0 bridgehead atoms. The molecule has 0 spiro atoms. The molecule has 0 saturated heterocycles. The summed E-state index contributed by atoms with van der Waals surface area (Å²) in [5.74, 6) is 0.686. The van der Waals surface area contributed by atoms with E-state index in [2.05, 4.69) is 9.82 Å². The summed E-state index contributed by atoms with van der Waals surface area (Å²) in [6.45, 7) is 5.65. The highest BCUT2D eigenvalue weighted by atomic mass is 32.2. The lowest BCUT2D eigenvalue weighted by Crippen LogP contribution is -2.24. The van der Waals surface area contributed by atoms with Crippen LogP contribution in [-0.4, -0.2) is 25.3 Å². The molecule has 2 aromatic carbocycles. The van der Waals surface area contributed by atoms with Crippen molar-refractivity contribution in [3.05, 3.63) is 71.0 Å². The van der Waals surface area contributed by atoms with Gasteiger partial charge in [0.2, 0.25) is 10.0 Å². The Morgan fingerprint density at radius 3 is 2.44 bits per heavy atom. The molecular formula is C20H23N3O3S. The Bertz CT molecular complexity index is 1050. The van der Waals surface area contributed by atoms with Crippen molar-refractivity contribution in [2.45, 2.75) is 32.2 Å². The molecule has 1 aromatic heterocycles. The minimum Gasteiger partial charge on any atom is -0.497 e. The predicted octanol–water partition coefficient (Wildman–Crippen LogP) is 3.28. The Kier molecular flexibility index (Phi) is 5.34. The van der Waals surface area contributed by atoms with Crippen molar-refractivity contribution in [1.29, 1.82) is 0 Å². The van der Waals surface area contributed by atoms with Gasteiger partial charge in [-0.05, 0) is 50.6 Å². The normalized spacial score (nSPS) is 11.6. The fourth-order valence-corrected chi connectivity index (χ4v) is 4.39. The number of aromatic nitrogens is 2. The Hall–Kier alpha value is -2.64. The van der Waals surface area contributed by atoms with Crippen LogP contribution in [0.15, 0.2) is 53.4 Å². The van der Waals surface area contributed by atoms with E-state index in [0.717, 1.165) is 16.8 Å². The Balaban J connectivity index is 1.89. The van der Waals surface area contributed by atoms with Crippen molar-refractivity contribution in [2.24, 2.45) is 0 Å². The Morgan fingerprint density at radius 1 is 1.07 bits per heavy atom. The fraction of sp³-hybridized carbons (Fsp3) is 0.250. The second kappa shape index (κ2) is 7.54. The van der Waals surface area contributed by atoms with Crippen molar-refractivity contribution < 1.29 is 13.2 Å². The number of ether oxygens (including phenoxy) is 1. The van der Waals surface area contributed by atoms with Gasteiger partial charge in [0.1, 0.15) is 10.6 Å². The third-order valence-corrected chi connectivity index (χ3v) is 6.03. The van der Waals surface area contributed by atoms with Crippen LogP contribution in [0.1, 0.15) is 22.5 Å². The number of nitrogens with zero attached hydrogens (tertiary/aromatic N) is 2. The second-order valence-corrected chi connectivity index (χ2v) is 8.13. The zero-order valence-electron chi connectivity index (χ0n) is 15.9. The molecule has 6 nitrogen and oxygen atoms in total. The van der Waals surface area contributed by atoms with E-state index in [-0.39, 0.29) is 11.4 Å². The molecule has 0 amide bonds. The third-order valence-electron chi connectivity index (χ3n) is 4.37. The van der Waals surface area contributed by atoms with Gasteiger partial charge in [-0.15, -0.1) is 0 Å². The number of hydrogen-bond acceptors (Lipinski definition) is 4. The van der Waals surface area contributed by atoms with Gasteiger partial charge in [0.15, 0.2) is 0 Å². The summed E-state index contributed by atoms with van der Waals surface area (Å²) >= 11 is 0. The van der Waals surface area contributed by atoms with Gasteiger partial charge in [0.05, 0.1) is 24.2 Å². The zero-order chi connectivity index (χ0) is 19.6. The SMILES string of the molecule is COc1cccc(CNS(=O)(=O)c2c(C)nn(-c3ccc(C)cc3)c2C)c1. The summed E-state index contributed by atoms with van der Waals surface area (Å²) < 4.78 is 35.3. The maximum atomic E-state index is 12.9. The number of rotatable bonds is 6. The Labute approximate surface area is 159 Å². The van der Waals surface area contributed by atoms with E-state index < -0.39 is 10.0 Å². The van der Waals surface area contributed by atoms with Crippen molar-refractivity contribution >= 4 is 10.0 Å². The van der Waals surface area contributed by atoms with Gasteiger partial charge in [-0.1, -0.05) is 29.8 Å². The van der Waals surface area contributed by atoms with Crippen LogP contribution in [0.4, 0.5) is 0 Å². The van der Waals surface area contributed by atoms with Crippen molar-refractivity contribution in [3.63, 3.8) is 0 Å². The largest absolute Gasteiger partial charge is 0.497 e. The zero-order valence-corrected chi connectivity index (χ0v) is 16.7. The maximum Gasteiger partial charge on any atom is 0.244 e. The second-order valence-electron chi connectivity index (χ2n) is 6.42. The third kappa shape index (κ3) is 4.04. The number of sulfonamides is 1. The van der Waals surface area contributed by atoms with E-state index in [1.807, 2.05) is 49.4 Å². The number of nitrogens with one attached hydrogen (secondary N) is 1. The number of methoxy groups -OCH3 is 1. The maximum absolute atomic E-state index is 12.9. The van der Waals surface area contributed by atoms with Gasteiger partial charge in [-0.2, -0.15) is 5.10 Å². The van der Waals surface area contributed by atoms with E-state index in [1.54, 1.807) is 31.7 Å². The summed E-state index contributed by atoms with van der Waals surface area (Å²) in [6.07, 6.45) is 0. The number of aryl methyl sites for hydroxylation is 2. The molecule has 3 rings (SSSR count). The van der Waals surface area contributed by atoms with E-state index >= 15 is 0 Å². The molecule has 27 heavy (non-hydrogen) atoms. The van der Waals surface area contributed by atoms with Gasteiger partial charge < -0.3 is 4.74 Å². The molecular weight excluding hydrogens is 362 g/mol. The van der Waals surface area contributed by atoms with E-state index in [9.17, 15) is 8.42 Å². The van der Waals surface area contributed by atoms with Gasteiger partial charge in [0, 0.05) is 6.54 Å². The Morgan fingerprint density at radius 2 is 1.78 bits per heavy atom. The van der Waals surface area contributed by atoms with E-state index in [1.165, 1.54) is 0 Å². The molecule has 0 radical (unpaired) electrons. The highest BCUT2D eigenvalue weighted by Crippen LogP contribution is 2.23. The quantitative estimate of drug-likeness (QED) is 0.707. The lowest BCUT2D eigenvalue weighted by atomic mass is 10.2. The van der Waals surface area contributed by atoms with Crippen LogP contribution in [0.5, 0.6) is 5.75 Å². The first-order valence-corrected chi connectivity index (χ1v) is 10.1. The molecule has 0 unspecified atom stereocenters. The minimum atomic E-state index is -3.71. The van der Waals surface area contributed by atoms with Crippen LogP contribution in [0, 0.1) is 20.8 Å². The van der Waals surface area contributed by atoms with Crippen LogP contribution in [-0.2, 0) is 16.6 Å². The van der Waals surface area contributed by atoms with Gasteiger partial charge in [0.25, 0.3) is 0 Å². The van der Waals surface area contributed by atoms with E-state index in [0.29, 0.717) is 17.1 Å². The van der Waals surface area contributed by atoms with Crippen LogP contribution in [0.25, 0.3) is 5.69 Å². The lowest BCUT2D eigenvalue weighted by Gasteiger charge is -2.09. The molecule has 3 aromatic rings. The van der Waals surface area contributed by atoms with Crippen molar-refractivity contribution in [1.82, 2.24) is 14.5 Å². The van der Waals surface area contributed by atoms with Crippen LogP contribution < -0.4 is 9.46 Å². The molecule has 0 aliphatic rings. The summed E-state index contributed by atoms with van der Waals surface area (Å²) in [7, 11) is -2.13. The standard InChI is InChI=1S/C20H23N3O3S/c1-14-8-10-18(11-9-14)23-16(3)20(15(2)22-23)27(24,25)21-13-17-6-5-7-19(12-17)26-4/h5-12,21H,13H2,1-4H3. The minimum absolute atomic E-state index is 0.175. The first kappa shape index (κ1) is 19.1. The first-order chi connectivity index (χ1) is 12.8. The first-order valence-electron chi connectivity index (χ1n) is 8.57. The molecule has 0 atom stereocenters. The summed E-state index contributed by atoms with van der Waals surface area (Å²) in [5, 5.41) is 4.44. The molecule has 1 N–H and O–H groups in total. The summed E-state index contributed by atoms with van der Waals surface area (Å²) in [4.78, 5) is 0.214. The topological polar surface area (TPSA) is 73.2 Å². The smallest absolute Gasteiger partial charge is 0.244 e. The van der Waals surface area contributed by atoms with Gasteiger partial charge in [-0.25, -0.2) is 17.8 Å². The summed E-state index contributed by atoms with van der Waals surface area (Å²) in [5.41, 5.74) is 3.82. The molecule has 0 saturated carbocycles. The van der Waals surface area contributed by atoms with Crippen molar-refractivity contribution in [2.75, 3.05) is 7.11 Å². The number of hydrogen-bond donors (Lipinski definition) is 1. The van der Waals surface area contributed by atoms with Crippen LogP contribution in [0.3, 0.4) is 0 Å². The van der Waals surface area contributed by atoms with Crippen LogP contribution in [0.2, 0.25) is 0 Å². The molecule has 0 aliphatic heterocycles. The number of benzene rings is 2. The van der Waals surface area contributed by atoms with Gasteiger partial charge in [-0.3, -0.25) is 0 Å². The predicted molar refractivity (Wildman–Crippen MR) is 105 cm³/mol. The van der Waals surface area contributed by atoms with E-state index in [4.69, 9.17) is 4.74 Å². The molecule has 0 fully saturated rings. The summed E-state index contributed by atoms with van der Waals surface area (Å²) in [6, 6.07) is 15.1. The lowest BCUT2D eigenvalue weighted by molar-refractivity contribution is 0.414. The average molecular weight is 385 g/mol. The fourth-order valence-electron chi connectivity index (χ4n) is 2.99. The highest BCUT2D eigenvalue weighted by molar-refractivity contribution is 7.89. The molecule has 142 valence electrons. The molecule has 1 heterocycles. The molecule has 0 aliphatic carbocycles. The molecule has 7 heteroatoms. The average Bonchev–Trinajstić information content (AvgIpc) is 2.96. The van der Waals surface area contributed by atoms with Crippen LogP contribution >= 0.6 is 0 Å². The monoisotopic (exact) mass is 385 g/mol.